The predicted molar refractivity (Wildman–Crippen MR) is 30.1 cm³/mol. The third-order valence-electron chi connectivity index (χ3n) is 0.465. The number of hydrogen-bond donors (Lipinski definition) is 0. The third kappa shape index (κ3) is 5.52. The Kier molecular flexibility index (Phi) is 5.14. The van der Waals surface area contributed by atoms with Crippen LogP contribution in [-0.2, 0) is 0 Å². The molecule has 0 spiro atoms. The van der Waals surface area contributed by atoms with Crippen LogP contribution in [-0.4, -0.2) is 5.88 Å². The Bertz CT molecular complexity index is 90.7. The highest BCUT2D eigenvalue weighted by molar-refractivity contribution is 6.18. The van der Waals surface area contributed by atoms with Gasteiger partial charge in [-0.15, -0.1) is 11.6 Å². The van der Waals surface area contributed by atoms with Crippen LogP contribution in [0.3, 0.4) is 0 Å². The van der Waals surface area contributed by atoms with Gasteiger partial charge in [-0.05, 0) is 0 Å². The summed E-state index contributed by atoms with van der Waals surface area (Å²) in [5.41, 5.74) is 0. The highest BCUT2D eigenvalue weighted by Gasteiger charge is 1.67. The van der Waals surface area contributed by atoms with Crippen LogP contribution in [0, 0.1) is 11.3 Å². The van der Waals surface area contributed by atoms with Crippen molar-refractivity contribution in [1.82, 2.24) is 0 Å². The Morgan fingerprint density at radius 1 is 1.57 bits per heavy atom. The Labute approximate surface area is 48.2 Å². The summed E-state index contributed by atoms with van der Waals surface area (Å²) >= 11 is 5.24. The van der Waals surface area contributed by atoms with Gasteiger partial charge < -0.3 is 0 Å². The first-order valence-corrected chi connectivity index (χ1v) is 2.53. The molecule has 38 valence electrons. The van der Waals surface area contributed by atoms with Crippen LogP contribution in [0.25, 0.3) is 0 Å². The summed E-state index contributed by atoms with van der Waals surface area (Å²) in [6.07, 6.45) is 3.96. The van der Waals surface area contributed by atoms with E-state index in [0.717, 1.165) is 0 Å². The van der Waals surface area contributed by atoms with Gasteiger partial charge in [0, 0.05) is 5.88 Å². The Hall–Kier alpha value is -0.480. The molecule has 0 rings (SSSR count). The second-order valence-corrected chi connectivity index (χ2v) is 1.30. The largest absolute Gasteiger partial charge is 0.198 e. The topological polar surface area (TPSA) is 23.8 Å². The molecule has 0 atom stereocenters. The fourth-order valence-electron chi connectivity index (χ4n) is 0.199. The smallest absolute Gasteiger partial charge is 0.0663 e. The van der Waals surface area contributed by atoms with Crippen LogP contribution >= 0.6 is 11.6 Å². The number of allylic oxidation sites excluding steroid dienone is 2. The molecule has 0 aliphatic heterocycles. The molecule has 0 unspecified atom stereocenters. The van der Waals surface area contributed by atoms with Gasteiger partial charge in [-0.3, -0.25) is 0 Å². The monoisotopic (exact) mass is 115 g/mol. The number of rotatable bonds is 2. The SMILES string of the molecule is N#CC/C=C/CCl. The predicted octanol–water partition coefficient (Wildman–Crippen LogP) is 1.70. The highest BCUT2D eigenvalue weighted by atomic mass is 35.5. The fraction of sp³-hybridized carbons (Fsp3) is 0.400. The first kappa shape index (κ1) is 6.52. The van der Waals surface area contributed by atoms with Crippen LogP contribution in [0.2, 0.25) is 0 Å². The molecule has 0 saturated carbocycles. The van der Waals surface area contributed by atoms with Gasteiger partial charge in [-0.2, -0.15) is 5.26 Å². The van der Waals surface area contributed by atoms with E-state index in [2.05, 4.69) is 0 Å². The van der Waals surface area contributed by atoms with Gasteiger partial charge in [-0.25, -0.2) is 0 Å². The number of nitrogens with zero attached hydrogens (tertiary/aromatic N) is 1. The van der Waals surface area contributed by atoms with Gasteiger partial charge in [-0.1, -0.05) is 12.2 Å². The molecule has 2 heteroatoms. The van der Waals surface area contributed by atoms with Crippen LogP contribution in [0.4, 0.5) is 0 Å². The van der Waals surface area contributed by atoms with E-state index in [1.54, 1.807) is 12.2 Å². The van der Waals surface area contributed by atoms with E-state index in [9.17, 15) is 0 Å². The average molecular weight is 116 g/mol. The third-order valence-corrected chi connectivity index (χ3v) is 0.643. The molecular formula is C5H6ClN. The van der Waals surface area contributed by atoms with Crippen molar-refractivity contribution in [1.29, 1.82) is 5.26 Å². The van der Waals surface area contributed by atoms with Gasteiger partial charge in [0.2, 0.25) is 0 Å². The van der Waals surface area contributed by atoms with Gasteiger partial charge in [0.05, 0.1) is 12.5 Å². The van der Waals surface area contributed by atoms with E-state index in [4.69, 9.17) is 16.9 Å². The zero-order valence-corrected chi connectivity index (χ0v) is 4.65. The minimum atomic E-state index is 0.465. The Morgan fingerprint density at radius 2 is 2.29 bits per heavy atom. The maximum Gasteiger partial charge on any atom is 0.0663 e. The molecule has 0 heterocycles. The molecule has 0 aromatic rings. The summed E-state index contributed by atoms with van der Waals surface area (Å²) in [4.78, 5) is 0. The quantitative estimate of drug-likeness (QED) is 0.397. The maximum absolute atomic E-state index is 7.95. The Balaban J connectivity index is 2.97. The molecule has 1 nitrogen and oxygen atoms in total. The van der Waals surface area contributed by atoms with E-state index in [1.165, 1.54) is 0 Å². The first-order valence-electron chi connectivity index (χ1n) is 1.99. The van der Waals surface area contributed by atoms with Crippen molar-refractivity contribution in [3.05, 3.63) is 12.2 Å². The van der Waals surface area contributed by atoms with Crippen molar-refractivity contribution < 1.29 is 0 Å². The Morgan fingerprint density at radius 3 is 2.71 bits per heavy atom. The maximum atomic E-state index is 7.95. The van der Waals surface area contributed by atoms with Crippen LogP contribution in [0.15, 0.2) is 12.2 Å². The van der Waals surface area contributed by atoms with Crippen LogP contribution < -0.4 is 0 Å². The van der Waals surface area contributed by atoms with Crippen molar-refractivity contribution in [2.75, 3.05) is 5.88 Å². The molecular weight excluding hydrogens is 110 g/mol. The molecule has 0 saturated heterocycles. The molecule has 7 heavy (non-hydrogen) atoms. The normalized spacial score (nSPS) is 9.14. The van der Waals surface area contributed by atoms with E-state index >= 15 is 0 Å². The average Bonchev–Trinajstić information content (AvgIpc) is 1.69. The van der Waals surface area contributed by atoms with Crippen molar-refractivity contribution in [3.63, 3.8) is 0 Å². The number of alkyl halides is 1. The summed E-state index contributed by atoms with van der Waals surface area (Å²) in [6.45, 7) is 0. The molecule has 0 aliphatic carbocycles. The molecule has 0 N–H and O–H groups in total. The summed E-state index contributed by atoms with van der Waals surface area (Å²) in [6, 6.07) is 1.96. The minimum absolute atomic E-state index is 0.465. The second-order valence-electron chi connectivity index (χ2n) is 0.988. The van der Waals surface area contributed by atoms with Crippen LogP contribution in [0.1, 0.15) is 6.42 Å². The van der Waals surface area contributed by atoms with E-state index < -0.39 is 0 Å². The number of halogens is 1. The summed E-state index contributed by atoms with van der Waals surface area (Å²) < 4.78 is 0. The molecule has 0 amide bonds. The van der Waals surface area contributed by atoms with Crippen molar-refractivity contribution in [3.8, 4) is 6.07 Å². The summed E-state index contributed by atoms with van der Waals surface area (Å²) in [5.74, 6) is 0.502. The lowest BCUT2D eigenvalue weighted by Crippen LogP contribution is -1.58. The molecule has 0 radical (unpaired) electrons. The molecule has 0 aromatic heterocycles. The first-order chi connectivity index (χ1) is 3.41. The minimum Gasteiger partial charge on any atom is -0.198 e. The molecule has 0 aromatic carbocycles. The molecule has 0 aliphatic rings. The number of hydrogen-bond acceptors (Lipinski definition) is 1. The van der Waals surface area contributed by atoms with Gasteiger partial charge in [0.1, 0.15) is 0 Å². The molecule has 0 bridgehead atoms. The lowest BCUT2D eigenvalue weighted by Gasteiger charge is -1.69. The van der Waals surface area contributed by atoms with Gasteiger partial charge in [0.15, 0.2) is 0 Å². The zero-order valence-electron chi connectivity index (χ0n) is 3.89. The van der Waals surface area contributed by atoms with E-state index in [-0.39, 0.29) is 0 Å². The van der Waals surface area contributed by atoms with E-state index in [1.807, 2.05) is 6.07 Å². The summed E-state index contributed by atoms with van der Waals surface area (Å²) in [7, 11) is 0. The standard InChI is InChI=1S/C5H6ClN/c6-4-2-1-3-5-7/h1-2H,3-4H2/b2-1+. The van der Waals surface area contributed by atoms with Crippen molar-refractivity contribution >= 4 is 11.6 Å². The van der Waals surface area contributed by atoms with E-state index in [0.29, 0.717) is 12.3 Å². The van der Waals surface area contributed by atoms with Crippen molar-refractivity contribution in [2.45, 2.75) is 6.42 Å². The van der Waals surface area contributed by atoms with Gasteiger partial charge >= 0.3 is 0 Å². The summed E-state index contributed by atoms with van der Waals surface area (Å²) in [5, 5.41) is 7.95. The zero-order chi connectivity index (χ0) is 5.54. The number of nitriles is 1. The lowest BCUT2D eigenvalue weighted by atomic mass is 10.4. The fourth-order valence-corrected chi connectivity index (χ4v) is 0.325. The molecule has 0 fully saturated rings. The second kappa shape index (κ2) is 5.52. The van der Waals surface area contributed by atoms with Crippen molar-refractivity contribution in [2.24, 2.45) is 0 Å². The van der Waals surface area contributed by atoms with Gasteiger partial charge in [0.25, 0.3) is 0 Å². The lowest BCUT2D eigenvalue weighted by molar-refractivity contribution is 1.35. The highest BCUT2D eigenvalue weighted by Crippen LogP contribution is 1.80. The van der Waals surface area contributed by atoms with Crippen LogP contribution in [0.5, 0.6) is 0 Å².